The fourth-order valence-electron chi connectivity index (χ4n) is 2.81. The zero-order valence-corrected chi connectivity index (χ0v) is 14.7. The maximum Gasteiger partial charge on any atom is 0.193 e. The van der Waals surface area contributed by atoms with Crippen molar-refractivity contribution < 1.29 is 9.47 Å². The highest BCUT2D eigenvalue weighted by atomic mass is 16.5. The third kappa shape index (κ3) is 4.01. The van der Waals surface area contributed by atoms with Crippen molar-refractivity contribution in [3.63, 3.8) is 0 Å². The Morgan fingerprint density at radius 3 is 2.92 bits per heavy atom. The van der Waals surface area contributed by atoms with E-state index in [1.54, 1.807) is 0 Å². The Labute approximate surface area is 147 Å². The monoisotopic (exact) mass is 344 g/mol. The molecular weight excluding hydrogens is 320 g/mol. The number of aromatic nitrogens is 3. The molecule has 0 unspecified atom stereocenters. The van der Waals surface area contributed by atoms with Crippen molar-refractivity contribution >= 4 is 11.6 Å². The summed E-state index contributed by atoms with van der Waals surface area (Å²) in [6.45, 7) is 6.37. The van der Waals surface area contributed by atoms with Gasteiger partial charge in [0.1, 0.15) is 23.9 Å². The van der Waals surface area contributed by atoms with E-state index in [1.165, 1.54) is 0 Å². The van der Waals surface area contributed by atoms with Crippen LogP contribution < -0.4 is 20.5 Å². The van der Waals surface area contributed by atoms with Crippen LogP contribution in [0.25, 0.3) is 0 Å². The van der Waals surface area contributed by atoms with Crippen molar-refractivity contribution in [2.75, 3.05) is 18.5 Å². The summed E-state index contributed by atoms with van der Waals surface area (Å²) >= 11 is 0. The molecule has 1 aromatic heterocycles. The first kappa shape index (κ1) is 17.1. The number of aryl methyl sites for hydroxylation is 1. The second kappa shape index (κ2) is 7.87. The molecule has 3 rings (SSSR count). The number of nitrogens with zero attached hydrogens (tertiary/aromatic N) is 4. The molecule has 0 spiro atoms. The first-order valence-corrected chi connectivity index (χ1v) is 8.58. The van der Waals surface area contributed by atoms with Gasteiger partial charge in [-0.05, 0) is 32.4 Å². The Hall–Kier alpha value is -2.77. The number of hydrogen-bond acceptors (Lipinski definition) is 5. The molecule has 1 aromatic carbocycles. The van der Waals surface area contributed by atoms with E-state index in [1.807, 2.05) is 32.0 Å². The Bertz CT molecular complexity index is 756. The number of anilines is 1. The lowest BCUT2D eigenvalue weighted by atomic mass is 10.2. The first-order valence-electron chi connectivity index (χ1n) is 8.58. The predicted octanol–water partition coefficient (Wildman–Crippen LogP) is 1.95. The zero-order chi connectivity index (χ0) is 17.6. The fourth-order valence-corrected chi connectivity index (χ4v) is 2.81. The minimum atomic E-state index is 0.296. The highest BCUT2D eigenvalue weighted by Crippen LogP contribution is 2.29. The Morgan fingerprint density at radius 1 is 1.28 bits per heavy atom. The molecule has 1 aliphatic heterocycles. The Balaban J connectivity index is 1.72. The highest BCUT2D eigenvalue weighted by Gasteiger charge is 2.16. The van der Waals surface area contributed by atoms with Crippen LogP contribution in [0.15, 0.2) is 23.2 Å². The number of benzene rings is 1. The molecule has 0 saturated carbocycles. The van der Waals surface area contributed by atoms with Crippen molar-refractivity contribution in [1.82, 2.24) is 14.8 Å². The maximum absolute atomic E-state index is 6.04. The van der Waals surface area contributed by atoms with Crippen LogP contribution in [0.2, 0.25) is 0 Å². The molecule has 134 valence electrons. The van der Waals surface area contributed by atoms with E-state index < -0.39 is 0 Å². The molecule has 0 amide bonds. The van der Waals surface area contributed by atoms with Crippen LogP contribution in [0, 0.1) is 0 Å². The number of nitrogens with one attached hydrogen (secondary N) is 1. The standard InChI is InChI=1S/C17H24N6O2/c1-3-24-12-7-8-14(25-4-2)13(10-12)20-17(18)19-11-16-22-21-15-6-5-9-23(15)16/h7-8,10H,3-6,9,11H2,1-2H3,(H3,18,19,20). The second-order valence-electron chi connectivity index (χ2n) is 5.64. The zero-order valence-electron chi connectivity index (χ0n) is 14.7. The summed E-state index contributed by atoms with van der Waals surface area (Å²) in [7, 11) is 0. The number of rotatable bonds is 7. The molecule has 2 heterocycles. The van der Waals surface area contributed by atoms with Gasteiger partial charge < -0.3 is 25.1 Å². The van der Waals surface area contributed by atoms with E-state index in [0.717, 1.165) is 42.5 Å². The molecule has 8 nitrogen and oxygen atoms in total. The van der Waals surface area contributed by atoms with E-state index in [4.69, 9.17) is 15.2 Å². The topological polar surface area (TPSA) is 99.6 Å². The number of nitrogens with two attached hydrogens (primary N) is 1. The summed E-state index contributed by atoms with van der Waals surface area (Å²) in [5, 5.41) is 11.4. The lowest BCUT2D eigenvalue weighted by molar-refractivity contribution is 0.332. The van der Waals surface area contributed by atoms with Crippen molar-refractivity contribution in [2.24, 2.45) is 10.7 Å². The number of guanidine groups is 1. The predicted molar refractivity (Wildman–Crippen MR) is 96.1 cm³/mol. The van der Waals surface area contributed by atoms with Crippen molar-refractivity contribution in [2.45, 2.75) is 39.8 Å². The molecule has 8 heteroatoms. The van der Waals surface area contributed by atoms with Gasteiger partial charge in [-0.1, -0.05) is 0 Å². The summed E-state index contributed by atoms with van der Waals surface area (Å²) < 4.78 is 13.3. The van der Waals surface area contributed by atoms with Crippen LogP contribution in [0.3, 0.4) is 0 Å². The summed E-state index contributed by atoms with van der Waals surface area (Å²) in [6, 6.07) is 5.58. The van der Waals surface area contributed by atoms with Crippen LogP contribution in [-0.2, 0) is 19.5 Å². The van der Waals surface area contributed by atoms with Crippen LogP contribution in [0.4, 0.5) is 5.69 Å². The third-order valence-corrected chi connectivity index (χ3v) is 3.90. The molecule has 0 bridgehead atoms. The Morgan fingerprint density at radius 2 is 2.12 bits per heavy atom. The van der Waals surface area contributed by atoms with Gasteiger partial charge >= 0.3 is 0 Å². The minimum absolute atomic E-state index is 0.296. The van der Waals surface area contributed by atoms with Crippen LogP contribution in [0.1, 0.15) is 31.9 Å². The summed E-state index contributed by atoms with van der Waals surface area (Å²) in [4.78, 5) is 4.38. The lowest BCUT2D eigenvalue weighted by Gasteiger charge is -2.14. The van der Waals surface area contributed by atoms with E-state index in [2.05, 4.69) is 25.1 Å². The van der Waals surface area contributed by atoms with Gasteiger partial charge in [-0.3, -0.25) is 0 Å². The summed E-state index contributed by atoms with van der Waals surface area (Å²) in [5.41, 5.74) is 6.76. The average Bonchev–Trinajstić information content (AvgIpc) is 3.20. The van der Waals surface area contributed by atoms with Gasteiger partial charge in [0.05, 0.1) is 18.9 Å². The minimum Gasteiger partial charge on any atom is -0.494 e. The molecule has 3 N–H and O–H groups in total. The summed E-state index contributed by atoms with van der Waals surface area (Å²) in [5.74, 6) is 3.61. The van der Waals surface area contributed by atoms with E-state index in [9.17, 15) is 0 Å². The van der Waals surface area contributed by atoms with Crippen molar-refractivity contribution in [3.8, 4) is 11.5 Å². The molecule has 2 aromatic rings. The third-order valence-electron chi connectivity index (χ3n) is 3.90. The molecule has 0 saturated heterocycles. The molecule has 0 radical (unpaired) electrons. The van der Waals surface area contributed by atoms with Gasteiger partial charge in [-0.15, -0.1) is 10.2 Å². The normalized spacial score (nSPS) is 13.6. The van der Waals surface area contributed by atoms with Crippen LogP contribution in [0.5, 0.6) is 11.5 Å². The second-order valence-corrected chi connectivity index (χ2v) is 5.64. The van der Waals surface area contributed by atoms with Gasteiger partial charge in [-0.2, -0.15) is 0 Å². The lowest BCUT2D eigenvalue weighted by Crippen LogP contribution is -2.23. The molecule has 1 aliphatic rings. The molecular formula is C17H24N6O2. The molecule has 0 fully saturated rings. The molecule has 0 atom stereocenters. The smallest absolute Gasteiger partial charge is 0.193 e. The van der Waals surface area contributed by atoms with Crippen molar-refractivity contribution in [3.05, 3.63) is 29.8 Å². The van der Waals surface area contributed by atoms with Gasteiger partial charge in [0.2, 0.25) is 0 Å². The Kier molecular flexibility index (Phi) is 5.37. The van der Waals surface area contributed by atoms with Gasteiger partial charge in [0, 0.05) is 19.0 Å². The molecule has 25 heavy (non-hydrogen) atoms. The van der Waals surface area contributed by atoms with Gasteiger partial charge in [0.15, 0.2) is 11.8 Å². The number of ether oxygens (including phenoxy) is 2. The maximum atomic E-state index is 6.04. The number of hydrogen-bond donors (Lipinski definition) is 2. The molecule has 0 aliphatic carbocycles. The van der Waals surface area contributed by atoms with E-state index in [-0.39, 0.29) is 0 Å². The summed E-state index contributed by atoms with van der Waals surface area (Å²) in [6.07, 6.45) is 2.09. The van der Waals surface area contributed by atoms with E-state index in [0.29, 0.717) is 31.5 Å². The van der Waals surface area contributed by atoms with Gasteiger partial charge in [0.25, 0.3) is 0 Å². The number of aliphatic imine (C=N–C) groups is 1. The van der Waals surface area contributed by atoms with E-state index >= 15 is 0 Å². The quantitative estimate of drug-likeness (QED) is 0.588. The SMILES string of the molecule is CCOc1ccc(OCC)c(NC(N)=NCc2nnc3n2CCC3)c1. The highest BCUT2D eigenvalue weighted by molar-refractivity contribution is 5.93. The number of fused-ring (bicyclic) bond motifs is 1. The van der Waals surface area contributed by atoms with Crippen molar-refractivity contribution in [1.29, 1.82) is 0 Å². The average molecular weight is 344 g/mol. The van der Waals surface area contributed by atoms with Crippen LogP contribution in [-0.4, -0.2) is 33.9 Å². The fraction of sp³-hybridized carbons (Fsp3) is 0.471. The van der Waals surface area contributed by atoms with Gasteiger partial charge in [-0.25, -0.2) is 4.99 Å². The largest absolute Gasteiger partial charge is 0.494 e. The first-order chi connectivity index (χ1) is 12.2. The van der Waals surface area contributed by atoms with Crippen LogP contribution >= 0.6 is 0 Å².